The summed E-state index contributed by atoms with van der Waals surface area (Å²) in [5, 5.41) is 190. The Bertz CT molecular complexity index is 2180. The van der Waals surface area contributed by atoms with Gasteiger partial charge in [0.15, 0.2) is 37.7 Å². The number of aliphatic hydroxyl groups excluding tert-OH is 16. The highest BCUT2D eigenvalue weighted by molar-refractivity contribution is 5.73. The van der Waals surface area contributed by atoms with E-state index in [-0.39, 0.29) is 18.0 Å². The number of aliphatic hydroxyl groups is 16. The number of nitro benzene ring substituents is 1. The third-order valence-corrected chi connectivity index (χ3v) is 15.2. The van der Waals surface area contributed by atoms with Crippen molar-refractivity contribution in [2.45, 2.75) is 217 Å². The van der Waals surface area contributed by atoms with Crippen LogP contribution < -0.4 is 15.8 Å². The Labute approximate surface area is 478 Å². The molecule has 6 saturated heterocycles. The molecule has 6 heterocycles. The maximum Gasteiger partial charge on any atom is 0.269 e. The third-order valence-electron chi connectivity index (χ3n) is 15.2. The predicted octanol–water partition coefficient (Wildman–Crippen LogP) is -9.78. The number of amides is 1. The minimum atomic E-state index is -2.25. The van der Waals surface area contributed by atoms with Gasteiger partial charge < -0.3 is 154 Å². The largest absolute Gasteiger partial charge is 0.491 e. The van der Waals surface area contributed by atoms with Crippen LogP contribution in [0, 0.1) is 10.1 Å². The predicted molar refractivity (Wildman–Crippen MR) is 267 cm³/mol. The van der Waals surface area contributed by atoms with Gasteiger partial charge in [0.1, 0.15) is 153 Å². The number of rotatable bonds is 25. The van der Waals surface area contributed by atoms with E-state index in [0.29, 0.717) is 25.8 Å². The van der Waals surface area contributed by atoms with E-state index in [1.54, 1.807) is 0 Å². The van der Waals surface area contributed by atoms with Crippen molar-refractivity contribution in [3.05, 3.63) is 34.4 Å². The molecule has 35 nitrogen and oxygen atoms in total. The van der Waals surface area contributed by atoms with E-state index >= 15 is 0 Å². The Morgan fingerprint density at radius 1 is 0.512 bits per heavy atom. The molecule has 6 fully saturated rings. The Morgan fingerprint density at radius 3 is 1.57 bits per heavy atom. The zero-order valence-electron chi connectivity index (χ0n) is 45.4. The number of non-ortho nitro benzene ring substituents is 1. The molecule has 482 valence electrons. The van der Waals surface area contributed by atoms with Crippen molar-refractivity contribution in [1.82, 2.24) is 5.32 Å². The molecule has 30 atom stereocenters. The van der Waals surface area contributed by atoms with E-state index in [1.165, 1.54) is 19.1 Å². The van der Waals surface area contributed by atoms with Gasteiger partial charge in [-0.2, -0.15) is 0 Å². The lowest BCUT2D eigenvalue weighted by Gasteiger charge is -2.51. The second-order valence-electron chi connectivity index (χ2n) is 21.1. The molecule has 35 heteroatoms. The van der Waals surface area contributed by atoms with E-state index in [0.717, 1.165) is 19.1 Å². The second-order valence-corrected chi connectivity index (χ2v) is 21.1. The number of unbranched alkanes of at least 4 members (excludes halogenated alkanes) is 2. The molecular formula is C49H79N3O32. The monoisotopic (exact) mass is 1220 g/mol. The molecule has 0 bridgehead atoms. The molecular weight excluding hydrogens is 1140 g/mol. The first-order valence-corrected chi connectivity index (χ1v) is 27.2. The normalized spacial score (nSPS) is 44.8. The van der Waals surface area contributed by atoms with Crippen molar-refractivity contribution in [2.24, 2.45) is 5.73 Å². The number of nitrogens with zero attached hydrogens (tertiary/aromatic N) is 1. The van der Waals surface area contributed by atoms with Gasteiger partial charge in [0.05, 0.1) is 37.5 Å². The number of hydrogen-bond acceptors (Lipinski definition) is 33. The smallest absolute Gasteiger partial charge is 0.269 e. The van der Waals surface area contributed by atoms with Gasteiger partial charge in [0.2, 0.25) is 5.91 Å². The molecule has 0 radical (unpaired) electrons. The molecule has 0 aromatic heterocycles. The molecule has 1 aromatic carbocycles. The van der Waals surface area contributed by atoms with Gasteiger partial charge in [-0.15, -0.1) is 0 Å². The maximum absolute atomic E-state index is 12.9. The Balaban J connectivity index is 1.09. The summed E-state index contributed by atoms with van der Waals surface area (Å²) in [6.45, 7) is -1.73. The maximum atomic E-state index is 12.9. The van der Waals surface area contributed by atoms with Gasteiger partial charge in [0.25, 0.3) is 5.69 Å². The number of nitrogens with two attached hydrogens (primary N) is 1. The van der Waals surface area contributed by atoms with Gasteiger partial charge in [0, 0.05) is 25.7 Å². The highest BCUT2D eigenvalue weighted by Gasteiger charge is 2.58. The first-order chi connectivity index (χ1) is 40.0. The quantitative estimate of drug-likeness (QED) is 0.0246. The van der Waals surface area contributed by atoms with Crippen LogP contribution in [0.25, 0.3) is 0 Å². The fourth-order valence-corrected chi connectivity index (χ4v) is 10.4. The van der Waals surface area contributed by atoms with Crippen LogP contribution in [-0.4, -0.2) is 323 Å². The van der Waals surface area contributed by atoms with Gasteiger partial charge in [-0.1, -0.05) is 0 Å². The number of nitro groups is 1. The Morgan fingerprint density at radius 2 is 0.976 bits per heavy atom. The van der Waals surface area contributed by atoms with Crippen LogP contribution in [-0.2, 0) is 61.6 Å². The van der Waals surface area contributed by atoms with Crippen LogP contribution >= 0.6 is 0 Å². The fourth-order valence-electron chi connectivity index (χ4n) is 10.4. The van der Waals surface area contributed by atoms with Crippen LogP contribution in [0.15, 0.2) is 24.3 Å². The summed E-state index contributed by atoms with van der Waals surface area (Å²) in [4.78, 5) is 23.5. The van der Waals surface area contributed by atoms with Gasteiger partial charge >= 0.3 is 0 Å². The summed E-state index contributed by atoms with van der Waals surface area (Å²) in [5.74, 6) is -0.767. The lowest BCUT2D eigenvalue weighted by Crippen LogP contribution is -2.70. The second kappa shape index (κ2) is 30.8. The van der Waals surface area contributed by atoms with Crippen molar-refractivity contribution in [2.75, 3.05) is 46.2 Å². The van der Waals surface area contributed by atoms with E-state index in [1.807, 2.05) is 0 Å². The van der Waals surface area contributed by atoms with Gasteiger partial charge in [-0.3, -0.25) is 14.9 Å². The summed E-state index contributed by atoms with van der Waals surface area (Å²) in [6.07, 6.45) is -52.2. The number of ether oxygens (including phenoxy) is 13. The molecule has 0 aliphatic carbocycles. The Kier molecular flexibility index (Phi) is 25.0. The van der Waals surface area contributed by atoms with Crippen LogP contribution in [0.5, 0.6) is 5.75 Å². The summed E-state index contributed by atoms with van der Waals surface area (Å²) in [6, 6.07) is 3.09. The van der Waals surface area contributed by atoms with Crippen LogP contribution in [0.3, 0.4) is 0 Å². The molecule has 6 aliphatic heterocycles. The van der Waals surface area contributed by atoms with Gasteiger partial charge in [-0.05, 0) is 44.9 Å². The molecule has 0 spiro atoms. The van der Waals surface area contributed by atoms with Crippen molar-refractivity contribution in [1.29, 1.82) is 0 Å². The summed E-state index contributed by atoms with van der Waals surface area (Å²) in [7, 11) is 0. The number of carbonyl (C=O) groups excluding carboxylic acids is 1. The zero-order chi connectivity index (χ0) is 61.4. The average Bonchev–Trinajstić information content (AvgIpc) is 3.58. The van der Waals surface area contributed by atoms with Crippen LogP contribution in [0.2, 0.25) is 0 Å². The fraction of sp³-hybridized carbons (Fsp3) is 0.857. The SMILES string of the molecule is CC(=O)NC1[C@H](O[C@@H]2C(O)[C@@H](O[C@H]3C(CO)O[C@@H](O[C@@H]4C(COc5ccc([N+](=O)[O-])cc5)O[C@@H](OCCCCCN)C(O)[C@H]4O)C(O)[C@H]3O)OC(CO)[C@@H]2O)OC(CO)[C@H](O)[C@@H]1O[C@@H]1OC(CO)[C@H](O)[C@H](O)C1O[C@@H]1OC(C)[C@@H](O)[C@H](O)C1O. The van der Waals surface area contributed by atoms with E-state index < -0.39 is 228 Å². The number of hydrogen-bond donors (Lipinski definition) is 18. The topological polar surface area (TPSA) is 542 Å². The number of carbonyl (C=O) groups is 1. The van der Waals surface area contributed by atoms with E-state index in [9.17, 15) is 96.6 Å². The summed E-state index contributed by atoms with van der Waals surface area (Å²) >= 11 is 0. The molecule has 84 heavy (non-hydrogen) atoms. The molecule has 12 unspecified atom stereocenters. The summed E-state index contributed by atoms with van der Waals surface area (Å²) < 4.78 is 76.1. The van der Waals surface area contributed by atoms with Crippen LogP contribution in [0.4, 0.5) is 5.69 Å². The summed E-state index contributed by atoms with van der Waals surface area (Å²) in [5.41, 5.74) is 5.33. The minimum Gasteiger partial charge on any atom is -0.491 e. The van der Waals surface area contributed by atoms with Crippen molar-refractivity contribution >= 4 is 11.6 Å². The molecule has 6 aliphatic rings. The molecule has 1 aromatic rings. The van der Waals surface area contributed by atoms with Crippen molar-refractivity contribution in [3.8, 4) is 5.75 Å². The van der Waals surface area contributed by atoms with Gasteiger partial charge in [-0.25, -0.2) is 0 Å². The van der Waals surface area contributed by atoms with E-state index in [2.05, 4.69) is 5.32 Å². The molecule has 7 rings (SSSR count). The molecule has 19 N–H and O–H groups in total. The standard InChI is InChI=1S/C49H79N3O32/c1-17-27(58)31(62)35(66)46(74-17)84-43-32(63)28(59)21(12-53)77-49(43)82-41-26(51-18(2)57)44(75-22(13-54)29(41)60)83-42-30(61)23(14-55)76-48(38(42)69)80-39-24(15-56)78-47(37(68)34(39)65)81-40-25(16-73-20-8-6-19(7-9-20)52(70)71)79-45(36(67)33(40)64)72-11-5-3-4-10-50/h6-9,17,21-49,53-56,58-69H,3-5,10-16,50H2,1-2H3,(H,51,57)/t17?,21?,22?,23?,24?,25?,26?,27-,28+,29+,30+,31+,32+,33-,34-,35?,36?,37?,38?,39+,40-,41-,42+,43?,44+,45-,46+,47+,48-,49+/m1/s1. The minimum absolute atomic E-state index is 0.0675. The highest BCUT2D eigenvalue weighted by Crippen LogP contribution is 2.38. The number of nitrogens with one attached hydrogen (secondary N) is 1. The lowest BCUT2D eigenvalue weighted by molar-refractivity contribution is -0.393. The van der Waals surface area contributed by atoms with E-state index in [4.69, 9.17) is 67.3 Å². The Hall–Kier alpha value is -3.27. The third kappa shape index (κ3) is 15.6. The lowest BCUT2D eigenvalue weighted by atomic mass is 9.94. The van der Waals surface area contributed by atoms with Crippen molar-refractivity contribution < 1.29 is 153 Å². The molecule has 0 saturated carbocycles. The van der Waals surface area contributed by atoms with Crippen molar-refractivity contribution in [3.63, 3.8) is 0 Å². The first-order valence-electron chi connectivity index (χ1n) is 27.2. The average molecular weight is 1220 g/mol. The highest BCUT2D eigenvalue weighted by atomic mass is 16.8. The number of benzene rings is 1. The first kappa shape index (κ1) is 68.2. The zero-order valence-corrected chi connectivity index (χ0v) is 45.4. The molecule has 1 amide bonds. The van der Waals surface area contributed by atoms with Crippen LogP contribution in [0.1, 0.15) is 33.1 Å².